The van der Waals surface area contributed by atoms with Gasteiger partial charge in [0.15, 0.2) is 0 Å². The maximum Gasteiger partial charge on any atom is 0.137 e. The molecule has 0 amide bonds. The predicted octanol–water partition coefficient (Wildman–Crippen LogP) is 2.55. The first-order chi connectivity index (χ1) is 10.2. The van der Waals surface area contributed by atoms with Crippen LogP contribution in [0.5, 0.6) is 5.75 Å². The number of anilines is 1. The number of ether oxygens (including phenoxy) is 1. The van der Waals surface area contributed by atoms with Gasteiger partial charge in [-0.25, -0.2) is 4.39 Å². The van der Waals surface area contributed by atoms with E-state index in [9.17, 15) is 9.50 Å². The second kappa shape index (κ2) is 7.27. The number of aliphatic hydroxyl groups excluding tert-OH is 1. The van der Waals surface area contributed by atoms with E-state index in [1.54, 1.807) is 36.4 Å². The Morgan fingerprint density at radius 1 is 1.24 bits per heavy atom. The van der Waals surface area contributed by atoms with Crippen LogP contribution in [-0.2, 0) is 0 Å². The lowest BCUT2D eigenvalue weighted by Crippen LogP contribution is -2.26. The van der Waals surface area contributed by atoms with Gasteiger partial charge in [-0.3, -0.25) is 0 Å². The summed E-state index contributed by atoms with van der Waals surface area (Å²) in [6.07, 6.45) is -0.778. The first-order valence-electron chi connectivity index (χ1n) is 6.48. The molecular formula is C16H15FN2O2. The van der Waals surface area contributed by atoms with Gasteiger partial charge in [0.25, 0.3) is 0 Å². The average molecular weight is 286 g/mol. The van der Waals surface area contributed by atoms with E-state index in [2.05, 4.69) is 5.32 Å². The number of nitrogens with one attached hydrogen (secondary N) is 1. The van der Waals surface area contributed by atoms with Crippen LogP contribution in [0.15, 0.2) is 48.5 Å². The van der Waals surface area contributed by atoms with Crippen molar-refractivity contribution in [2.45, 2.75) is 6.10 Å². The van der Waals surface area contributed by atoms with Gasteiger partial charge in [0.1, 0.15) is 30.3 Å². The van der Waals surface area contributed by atoms with Crippen LogP contribution in [0.25, 0.3) is 0 Å². The number of nitriles is 1. The van der Waals surface area contributed by atoms with Gasteiger partial charge < -0.3 is 15.2 Å². The Balaban J connectivity index is 1.82. The van der Waals surface area contributed by atoms with Gasteiger partial charge in [-0.1, -0.05) is 18.2 Å². The molecular weight excluding hydrogens is 271 g/mol. The number of nitrogens with zero attached hydrogens (tertiary/aromatic N) is 1. The summed E-state index contributed by atoms with van der Waals surface area (Å²) in [5.41, 5.74) is 1.01. The largest absolute Gasteiger partial charge is 0.489 e. The predicted molar refractivity (Wildman–Crippen MR) is 77.5 cm³/mol. The number of hydrogen-bond donors (Lipinski definition) is 2. The zero-order valence-electron chi connectivity index (χ0n) is 11.3. The Labute approximate surface area is 122 Å². The smallest absolute Gasteiger partial charge is 0.137 e. The van der Waals surface area contributed by atoms with Crippen molar-refractivity contribution in [3.8, 4) is 11.8 Å². The summed E-state index contributed by atoms with van der Waals surface area (Å²) < 4.78 is 18.4. The molecule has 5 heteroatoms. The minimum atomic E-state index is -0.778. The zero-order valence-corrected chi connectivity index (χ0v) is 11.3. The summed E-state index contributed by atoms with van der Waals surface area (Å²) in [7, 11) is 0. The molecule has 2 aromatic carbocycles. The van der Waals surface area contributed by atoms with E-state index in [0.29, 0.717) is 17.0 Å². The fourth-order valence-electron chi connectivity index (χ4n) is 1.76. The normalized spacial score (nSPS) is 11.5. The Morgan fingerprint density at radius 3 is 2.81 bits per heavy atom. The highest BCUT2D eigenvalue weighted by atomic mass is 19.1. The maximum atomic E-state index is 13.0. The van der Waals surface area contributed by atoms with E-state index in [4.69, 9.17) is 10.00 Å². The number of hydrogen-bond acceptors (Lipinski definition) is 4. The molecule has 0 aliphatic heterocycles. The quantitative estimate of drug-likeness (QED) is 0.856. The number of halogens is 1. The molecule has 0 saturated heterocycles. The number of aliphatic hydroxyl groups is 1. The summed E-state index contributed by atoms with van der Waals surface area (Å²) in [4.78, 5) is 0. The van der Waals surface area contributed by atoms with Gasteiger partial charge in [-0.05, 0) is 30.3 Å². The standard InChI is InChI=1S/C16H15FN2O2/c17-13-5-3-6-14(8-13)19-10-15(20)11-21-16-7-2-1-4-12(16)9-18/h1-8,15,19-20H,10-11H2. The molecule has 0 aromatic heterocycles. The van der Waals surface area contributed by atoms with Gasteiger partial charge in [0.2, 0.25) is 0 Å². The van der Waals surface area contributed by atoms with Crippen molar-refractivity contribution in [2.24, 2.45) is 0 Å². The lowest BCUT2D eigenvalue weighted by molar-refractivity contribution is 0.117. The second-order valence-electron chi connectivity index (χ2n) is 4.46. The second-order valence-corrected chi connectivity index (χ2v) is 4.46. The van der Waals surface area contributed by atoms with Gasteiger partial charge in [0, 0.05) is 12.2 Å². The molecule has 0 heterocycles. The van der Waals surface area contributed by atoms with Crippen LogP contribution < -0.4 is 10.1 Å². The molecule has 2 rings (SSSR count). The lowest BCUT2D eigenvalue weighted by atomic mass is 10.2. The Hall–Kier alpha value is -2.58. The topological polar surface area (TPSA) is 65.3 Å². The van der Waals surface area contributed by atoms with E-state index in [-0.39, 0.29) is 19.0 Å². The first-order valence-corrected chi connectivity index (χ1v) is 6.48. The minimum absolute atomic E-state index is 0.0427. The lowest BCUT2D eigenvalue weighted by Gasteiger charge is -2.14. The van der Waals surface area contributed by atoms with E-state index >= 15 is 0 Å². The van der Waals surface area contributed by atoms with E-state index in [1.807, 2.05) is 6.07 Å². The Morgan fingerprint density at radius 2 is 2.05 bits per heavy atom. The molecule has 0 aliphatic carbocycles. The van der Waals surface area contributed by atoms with Gasteiger partial charge >= 0.3 is 0 Å². The van der Waals surface area contributed by atoms with E-state index in [1.165, 1.54) is 12.1 Å². The molecule has 0 radical (unpaired) electrons. The molecule has 0 bridgehead atoms. The summed E-state index contributed by atoms with van der Waals surface area (Å²) in [5, 5.41) is 21.7. The number of rotatable bonds is 6. The van der Waals surface area contributed by atoms with Crippen molar-refractivity contribution >= 4 is 5.69 Å². The van der Waals surface area contributed by atoms with Crippen LogP contribution in [0.3, 0.4) is 0 Å². The molecule has 1 atom stereocenters. The zero-order chi connectivity index (χ0) is 15.1. The van der Waals surface area contributed by atoms with Crippen LogP contribution >= 0.6 is 0 Å². The third-order valence-electron chi connectivity index (χ3n) is 2.81. The SMILES string of the molecule is N#Cc1ccccc1OCC(O)CNc1cccc(F)c1. The summed E-state index contributed by atoms with van der Waals surface area (Å²) in [6, 6.07) is 14.8. The fraction of sp³-hybridized carbons (Fsp3) is 0.188. The van der Waals surface area contributed by atoms with Crippen molar-refractivity contribution in [1.82, 2.24) is 0 Å². The fourth-order valence-corrected chi connectivity index (χ4v) is 1.76. The molecule has 2 N–H and O–H groups in total. The first kappa shape index (κ1) is 14.8. The third-order valence-corrected chi connectivity index (χ3v) is 2.81. The van der Waals surface area contributed by atoms with Crippen LogP contribution in [0.2, 0.25) is 0 Å². The van der Waals surface area contributed by atoms with E-state index in [0.717, 1.165) is 0 Å². The summed E-state index contributed by atoms with van der Waals surface area (Å²) >= 11 is 0. The third kappa shape index (κ3) is 4.48. The monoisotopic (exact) mass is 286 g/mol. The Kier molecular flexibility index (Phi) is 5.13. The number of para-hydroxylation sites is 1. The van der Waals surface area contributed by atoms with Crippen LogP contribution in [-0.4, -0.2) is 24.4 Å². The highest BCUT2D eigenvalue weighted by molar-refractivity contribution is 5.43. The van der Waals surface area contributed by atoms with Gasteiger partial charge in [0.05, 0.1) is 5.56 Å². The number of benzene rings is 2. The molecule has 21 heavy (non-hydrogen) atoms. The molecule has 0 fully saturated rings. The molecule has 0 aliphatic rings. The van der Waals surface area contributed by atoms with Crippen LogP contribution in [0, 0.1) is 17.1 Å². The van der Waals surface area contributed by atoms with Crippen molar-refractivity contribution in [2.75, 3.05) is 18.5 Å². The van der Waals surface area contributed by atoms with Crippen molar-refractivity contribution in [3.05, 3.63) is 59.9 Å². The average Bonchev–Trinajstić information content (AvgIpc) is 2.51. The molecule has 4 nitrogen and oxygen atoms in total. The van der Waals surface area contributed by atoms with Gasteiger partial charge in [-0.15, -0.1) is 0 Å². The van der Waals surface area contributed by atoms with Crippen molar-refractivity contribution in [1.29, 1.82) is 5.26 Å². The molecule has 2 aromatic rings. The maximum absolute atomic E-state index is 13.0. The Bertz CT molecular complexity index is 640. The summed E-state index contributed by atoms with van der Waals surface area (Å²) in [6.45, 7) is 0.263. The minimum Gasteiger partial charge on any atom is -0.489 e. The van der Waals surface area contributed by atoms with Crippen LogP contribution in [0.4, 0.5) is 10.1 Å². The van der Waals surface area contributed by atoms with Gasteiger partial charge in [-0.2, -0.15) is 5.26 Å². The highest BCUT2D eigenvalue weighted by Crippen LogP contribution is 2.16. The molecule has 1 unspecified atom stereocenters. The molecule has 0 spiro atoms. The summed E-state index contributed by atoms with van der Waals surface area (Å²) in [5.74, 6) is 0.0958. The van der Waals surface area contributed by atoms with Crippen molar-refractivity contribution < 1.29 is 14.2 Å². The van der Waals surface area contributed by atoms with E-state index < -0.39 is 6.10 Å². The molecule has 108 valence electrons. The molecule has 0 saturated carbocycles. The van der Waals surface area contributed by atoms with Crippen LogP contribution in [0.1, 0.15) is 5.56 Å². The highest BCUT2D eigenvalue weighted by Gasteiger charge is 2.08. The van der Waals surface area contributed by atoms with Crippen molar-refractivity contribution in [3.63, 3.8) is 0 Å².